The molecule has 2 N–H and O–H groups in total. The van der Waals surface area contributed by atoms with Crippen molar-refractivity contribution in [3.05, 3.63) is 52.3 Å². The third kappa shape index (κ3) is 3.87. The summed E-state index contributed by atoms with van der Waals surface area (Å²) in [5.41, 5.74) is 8.48. The predicted octanol–water partition coefficient (Wildman–Crippen LogP) is 4.02. The lowest BCUT2D eigenvalue weighted by Gasteiger charge is -2.33. The van der Waals surface area contributed by atoms with Crippen molar-refractivity contribution in [2.24, 2.45) is 16.4 Å². The molecular formula is C21H28N4O. The van der Waals surface area contributed by atoms with E-state index in [0.717, 1.165) is 41.8 Å². The summed E-state index contributed by atoms with van der Waals surface area (Å²) in [6.45, 7) is 10.7. The van der Waals surface area contributed by atoms with Crippen LogP contribution in [0, 0.1) is 18.3 Å². The van der Waals surface area contributed by atoms with E-state index < -0.39 is 0 Å². The third-order valence-corrected chi connectivity index (χ3v) is 5.38. The summed E-state index contributed by atoms with van der Waals surface area (Å²) in [5, 5.41) is 11.6. The zero-order valence-electron chi connectivity index (χ0n) is 16.3. The smallest absolute Gasteiger partial charge is 0.281 e. The van der Waals surface area contributed by atoms with Gasteiger partial charge in [0.05, 0.1) is 5.71 Å². The standard InChI is InChI=1S/C21H28N4O/c1-13-6-8-15(9-7-13)14(2)22-25-20(26)19-17-12-16(21(3,4)5)10-11-18(17)23-24-19/h6-9,16H,10-12H2,1-5H3,(H,23,24)(H,25,26)/b22-14+. The van der Waals surface area contributed by atoms with E-state index in [0.29, 0.717) is 11.6 Å². The van der Waals surface area contributed by atoms with Gasteiger partial charge in [-0.2, -0.15) is 10.2 Å². The first-order valence-electron chi connectivity index (χ1n) is 9.23. The van der Waals surface area contributed by atoms with E-state index in [9.17, 15) is 4.79 Å². The number of benzene rings is 1. The fraction of sp³-hybridized carbons (Fsp3) is 0.476. The van der Waals surface area contributed by atoms with E-state index in [1.54, 1.807) is 0 Å². The number of amides is 1. The van der Waals surface area contributed by atoms with Crippen LogP contribution < -0.4 is 5.43 Å². The fourth-order valence-electron chi connectivity index (χ4n) is 3.47. The van der Waals surface area contributed by atoms with Gasteiger partial charge in [-0.15, -0.1) is 0 Å². The summed E-state index contributed by atoms with van der Waals surface area (Å²) >= 11 is 0. The van der Waals surface area contributed by atoms with Gasteiger partial charge in [-0.1, -0.05) is 50.6 Å². The molecule has 1 aromatic carbocycles. The molecular weight excluding hydrogens is 324 g/mol. The van der Waals surface area contributed by atoms with Crippen molar-refractivity contribution >= 4 is 11.6 Å². The van der Waals surface area contributed by atoms with Crippen LogP contribution in [0.15, 0.2) is 29.4 Å². The minimum absolute atomic E-state index is 0.225. The molecule has 1 aliphatic carbocycles. The maximum Gasteiger partial charge on any atom is 0.292 e. The van der Waals surface area contributed by atoms with Gasteiger partial charge in [0.2, 0.25) is 0 Å². The largest absolute Gasteiger partial charge is 0.292 e. The summed E-state index contributed by atoms with van der Waals surface area (Å²) in [7, 11) is 0. The average Bonchev–Trinajstić information content (AvgIpc) is 3.02. The monoisotopic (exact) mass is 352 g/mol. The number of aromatic nitrogens is 2. The maximum absolute atomic E-state index is 12.6. The molecule has 1 amide bonds. The molecule has 1 unspecified atom stereocenters. The van der Waals surface area contributed by atoms with Crippen LogP contribution in [0.2, 0.25) is 0 Å². The second kappa shape index (κ2) is 7.06. The second-order valence-electron chi connectivity index (χ2n) is 8.34. The molecule has 1 aromatic heterocycles. The molecule has 0 saturated carbocycles. The van der Waals surface area contributed by atoms with Crippen molar-refractivity contribution in [3.63, 3.8) is 0 Å². The van der Waals surface area contributed by atoms with Crippen LogP contribution in [-0.4, -0.2) is 21.8 Å². The number of nitrogens with one attached hydrogen (secondary N) is 2. The molecule has 0 fully saturated rings. The van der Waals surface area contributed by atoms with Crippen LogP contribution in [0.1, 0.15) is 67.0 Å². The molecule has 0 aliphatic heterocycles. The number of carbonyl (C=O) groups is 1. The summed E-state index contributed by atoms with van der Waals surface area (Å²) in [5.74, 6) is 0.306. The van der Waals surface area contributed by atoms with Crippen LogP contribution in [0.3, 0.4) is 0 Å². The van der Waals surface area contributed by atoms with Crippen molar-refractivity contribution in [1.29, 1.82) is 0 Å². The molecule has 5 nitrogen and oxygen atoms in total. The highest BCUT2D eigenvalue weighted by atomic mass is 16.2. The highest BCUT2D eigenvalue weighted by molar-refractivity contribution is 6.00. The van der Waals surface area contributed by atoms with E-state index >= 15 is 0 Å². The number of H-pyrrole nitrogens is 1. The quantitative estimate of drug-likeness (QED) is 0.647. The molecule has 0 radical (unpaired) electrons. The summed E-state index contributed by atoms with van der Waals surface area (Å²) in [6, 6.07) is 8.08. The van der Waals surface area contributed by atoms with Crippen molar-refractivity contribution in [2.75, 3.05) is 0 Å². The van der Waals surface area contributed by atoms with Gasteiger partial charge in [-0.05, 0) is 50.0 Å². The van der Waals surface area contributed by atoms with E-state index in [1.165, 1.54) is 5.56 Å². The van der Waals surface area contributed by atoms with Crippen LogP contribution >= 0.6 is 0 Å². The Morgan fingerprint density at radius 3 is 2.62 bits per heavy atom. The van der Waals surface area contributed by atoms with Crippen molar-refractivity contribution in [3.8, 4) is 0 Å². The van der Waals surface area contributed by atoms with Crippen LogP contribution in [0.4, 0.5) is 0 Å². The number of carbonyl (C=O) groups excluding carboxylic acids is 1. The first-order chi connectivity index (χ1) is 12.3. The van der Waals surface area contributed by atoms with Gasteiger partial charge in [0.15, 0.2) is 5.69 Å². The first kappa shape index (κ1) is 18.4. The Morgan fingerprint density at radius 2 is 1.96 bits per heavy atom. The Morgan fingerprint density at radius 1 is 1.27 bits per heavy atom. The summed E-state index contributed by atoms with van der Waals surface area (Å²) in [4.78, 5) is 12.6. The molecule has 1 aliphatic rings. The number of aryl methyl sites for hydroxylation is 2. The number of hydrogen-bond donors (Lipinski definition) is 2. The van der Waals surface area contributed by atoms with E-state index in [2.05, 4.69) is 41.5 Å². The van der Waals surface area contributed by atoms with E-state index in [-0.39, 0.29) is 11.3 Å². The second-order valence-corrected chi connectivity index (χ2v) is 8.34. The zero-order valence-corrected chi connectivity index (χ0v) is 16.3. The van der Waals surface area contributed by atoms with Gasteiger partial charge >= 0.3 is 0 Å². The fourth-order valence-corrected chi connectivity index (χ4v) is 3.47. The molecule has 3 rings (SSSR count). The zero-order chi connectivity index (χ0) is 18.9. The van der Waals surface area contributed by atoms with Gasteiger partial charge in [-0.3, -0.25) is 9.89 Å². The van der Waals surface area contributed by atoms with Gasteiger partial charge in [0.25, 0.3) is 5.91 Å². The number of fused-ring (bicyclic) bond motifs is 1. The van der Waals surface area contributed by atoms with E-state index in [1.807, 2.05) is 38.1 Å². The summed E-state index contributed by atoms with van der Waals surface area (Å²) in [6.07, 6.45) is 2.96. The topological polar surface area (TPSA) is 70.1 Å². The Labute approximate surface area is 155 Å². The van der Waals surface area contributed by atoms with Crippen molar-refractivity contribution in [1.82, 2.24) is 15.6 Å². The highest BCUT2D eigenvalue weighted by Gasteiger charge is 2.32. The Balaban J connectivity index is 1.74. The van der Waals surface area contributed by atoms with Crippen molar-refractivity contribution in [2.45, 2.75) is 53.9 Å². The Bertz CT molecular complexity index is 825. The molecule has 138 valence electrons. The van der Waals surface area contributed by atoms with E-state index in [4.69, 9.17) is 0 Å². The highest BCUT2D eigenvalue weighted by Crippen LogP contribution is 2.37. The number of nitrogens with zero attached hydrogens (tertiary/aromatic N) is 2. The molecule has 1 atom stereocenters. The van der Waals surface area contributed by atoms with Gasteiger partial charge < -0.3 is 0 Å². The average molecular weight is 352 g/mol. The SMILES string of the molecule is C/C(=N\NC(=O)c1n[nH]c2c1CC(C(C)(C)C)CC2)c1ccc(C)cc1. The van der Waals surface area contributed by atoms with Crippen LogP contribution in [0.25, 0.3) is 0 Å². The molecule has 0 bridgehead atoms. The van der Waals surface area contributed by atoms with Gasteiger partial charge in [0.1, 0.15) is 0 Å². The lowest BCUT2D eigenvalue weighted by atomic mass is 9.71. The molecule has 0 saturated heterocycles. The molecule has 26 heavy (non-hydrogen) atoms. The lowest BCUT2D eigenvalue weighted by Crippen LogP contribution is -2.28. The van der Waals surface area contributed by atoms with Crippen LogP contribution in [0.5, 0.6) is 0 Å². The Kier molecular flexibility index (Phi) is 4.99. The maximum atomic E-state index is 12.6. The normalized spacial score (nSPS) is 17.7. The predicted molar refractivity (Wildman–Crippen MR) is 104 cm³/mol. The third-order valence-electron chi connectivity index (χ3n) is 5.38. The van der Waals surface area contributed by atoms with Crippen LogP contribution in [-0.2, 0) is 12.8 Å². The number of hydrazone groups is 1. The first-order valence-corrected chi connectivity index (χ1v) is 9.23. The lowest BCUT2D eigenvalue weighted by molar-refractivity contribution is 0.0947. The van der Waals surface area contributed by atoms with Gasteiger partial charge in [-0.25, -0.2) is 5.43 Å². The minimum atomic E-state index is -0.247. The molecule has 1 heterocycles. The number of aromatic amines is 1. The molecule has 5 heteroatoms. The number of hydrogen-bond acceptors (Lipinski definition) is 3. The molecule has 2 aromatic rings. The summed E-state index contributed by atoms with van der Waals surface area (Å²) < 4.78 is 0. The van der Waals surface area contributed by atoms with Gasteiger partial charge in [0, 0.05) is 11.3 Å². The number of rotatable bonds is 3. The Hall–Kier alpha value is -2.43. The molecule has 0 spiro atoms. The minimum Gasteiger partial charge on any atom is -0.281 e. The van der Waals surface area contributed by atoms with Crippen molar-refractivity contribution < 1.29 is 4.79 Å².